The molecule has 0 spiro atoms. The molecule has 0 radical (unpaired) electrons. The number of fused-ring (bicyclic) bond motifs is 1. The quantitative estimate of drug-likeness (QED) is 0.549. The van der Waals surface area contributed by atoms with E-state index >= 15 is 0 Å². The summed E-state index contributed by atoms with van der Waals surface area (Å²) in [4.78, 5) is 15.6. The zero-order valence-corrected chi connectivity index (χ0v) is 16.5. The molecule has 3 aromatic rings. The van der Waals surface area contributed by atoms with Crippen LogP contribution in [0.3, 0.4) is 0 Å². The number of carbonyl (C=O) groups is 1. The Kier molecular flexibility index (Phi) is 5.14. The molecule has 1 saturated heterocycles. The highest BCUT2D eigenvalue weighted by molar-refractivity contribution is 6.08. The summed E-state index contributed by atoms with van der Waals surface area (Å²) in [6.07, 6.45) is -3.56. The van der Waals surface area contributed by atoms with Gasteiger partial charge in [-0.3, -0.25) is 9.78 Å². The molecule has 7 nitrogen and oxygen atoms in total. The molecule has 0 unspecified atom stereocenters. The fraction of sp³-hybridized carbons (Fsp3) is 0.333. The molecule has 1 aromatic carbocycles. The van der Waals surface area contributed by atoms with E-state index in [0.29, 0.717) is 35.4 Å². The lowest BCUT2D eigenvalue weighted by Crippen LogP contribution is -2.59. The number of primary amides is 1. The topological polar surface area (TPSA) is 111 Å². The van der Waals surface area contributed by atoms with Crippen LogP contribution in [0.5, 0.6) is 5.75 Å². The molecule has 0 atom stereocenters. The first-order chi connectivity index (χ1) is 14.7. The lowest BCUT2D eigenvalue weighted by molar-refractivity contribution is -0.142. The van der Waals surface area contributed by atoms with Crippen molar-refractivity contribution in [2.75, 3.05) is 19.7 Å². The van der Waals surface area contributed by atoms with Gasteiger partial charge in [0.15, 0.2) is 5.69 Å². The van der Waals surface area contributed by atoms with E-state index in [1.165, 1.54) is 12.1 Å². The van der Waals surface area contributed by atoms with Gasteiger partial charge in [0.05, 0.1) is 12.2 Å². The minimum atomic E-state index is -4.63. The number of alkyl halides is 3. The third-order valence-electron chi connectivity index (χ3n) is 5.54. The van der Waals surface area contributed by atoms with Crippen LogP contribution in [0.25, 0.3) is 11.0 Å². The molecule has 0 saturated carbocycles. The number of nitrogens with two attached hydrogens (primary N) is 1. The van der Waals surface area contributed by atoms with E-state index in [1.54, 1.807) is 19.1 Å². The number of nitrogens with zero attached hydrogens (tertiary/aromatic N) is 1. The predicted molar refractivity (Wildman–Crippen MR) is 105 cm³/mol. The lowest BCUT2D eigenvalue weighted by atomic mass is 9.73. The van der Waals surface area contributed by atoms with Crippen LogP contribution < -0.4 is 15.8 Å². The van der Waals surface area contributed by atoms with Crippen molar-refractivity contribution in [3.63, 3.8) is 0 Å². The molecule has 1 amide bonds. The van der Waals surface area contributed by atoms with Gasteiger partial charge < -0.3 is 25.3 Å². The van der Waals surface area contributed by atoms with E-state index in [0.717, 1.165) is 6.20 Å². The molecule has 164 valence electrons. The Morgan fingerprint density at radius 3 is 2.68 bits per heavy atom. The van der Waals surface area contributed by atoms with Crippen molar-refractivity contribution in [3.05, 3.63) is 58.6 Å². The Hall–Kier alpha value is -3.11. The maximum absolute atomic E-state index is 13.3. The van der Waals surface area contributed by atoms with Gasteiger partial charge in [0.1, 0.15) is 23.7 Å². The minimum Gasteiger partial charge on any atom is -0.488 e. The smallest absolute Gasteiger partial charge is 0.433 e. The van der Waals surface area contributed by atoms with E-state index in [2.05, 4.69) is 10.3 Å². The van der Waals surface area contributed by atoms with Crippen LogP contribution in [0.15, 0.2) is 34.9 Å². The number of aliphatic hydroxyl groups excluding tert-OH is 1. The van der Waals surface area contributed by atoms with Crippen LogP contribution in [0.4, 0.5) is 13.2 Å². The maximum Gasteiger partial charge on any atom is 0.433 e. The van der Waals surface area contributed by atoms with E-state index in [9.17, 15) is 23.1 Å². The Morgan fingerprint density at radius 1 is 1.35 bits per heavy atom. The van der Waals surface area contributed by atoms with E-state index in [1.807, 2.05) is 0 Å². The normalized spacial score (nSPS) is 15.6. The van der Waals surface area contributed by atoms with Crippen molar-refractivity contribution in [3.8, 4) is 5.75 Å². The molecule has 1 fully saturated rings. The molecular weight excluding hydrogens is 415 g/mol. The number of aliphatic hydroxyl groups is 1. The summed E-state index contributed by atoms with van der Waals surface area (Å²) < 4.78 is 51.4. The van der Waals surface area contributed by atoms with Gasteiger partial charge in [0.2, 0.25) is 0 Å². The first kappa shape index (κ1) is 21.1. The van der Waals surface area contributed by atoms with Gasteiger partial charge in [0.25, 0.3) is 5.91 Å². The van der Waals surface area contributed by atoms with E-state index in [-0.39, 0.29) is 23.5 Å². The van der Waals surface area contributed by atoms with Gasteiger partial charge in [-0.05, 0) is 25.1 Å². The van der Waals surface area contributed by atoms with Crippen LogP contribution in [-0.2, 0) is 18.2 Å². The Labute approximate surface area is 175 Å². The van der Waals surface area contributed by atoms with E-state index in [4.69, 9.17) is 14.9 Å². The van der Waals surface area contributed by atoms with Crippen LogP contribution >= 0.6 is 0 Å². The SMILES string of the molecule is Cc1oc2ccc(OCc3cccnc3C(F)(F)F)c(C3(CO)CNC3)c2c1C(N)=O. The number of aromatic nitrogens is 1. The zero-order chi connectivity index (χ0) is 22.4. The second-order valence-corrected chi connectivity index (χ2v) is 7.55. The van der Waals surface area contributed by atoms with Crippen molar-refractivity contribution in [1.29, 1.82) is 0 Å². The average molecular weight is 435 g/mol. The predicted octanol–water partition coefficient (Wildman–Crippen LogP) is 2.67. The standard InChI is InChI=1S/C21H20F3N3O4/c1-11-15(19(25)29)16-13(31-11)4-5-14(17(16)20(10-28)8-26-9-20)30-7-12-3-2-6-27-18(12)21(22,23)24/h2-6,26,28H,7-10H2,1H3,(H2,25,29). The van der Waals surface area contributed by atoms with Crippen molar-refractivity contribution in [2.45, 2.75) is 25.1 Å². The highest BCUT2D eigenvalue weighted by atomic mass is 19.4. The molecule has 3 heterocycles. The van der Waals surface area contributed by atoms with Crippen molar-refractivity contribution >= 4 is 16.9 Å². The van der Waals surface area contributed by atoms with Crippen LogP contribution in [0, 0.1) is 6.92 Å². The Balaban J connectivity index is 1.84. The number of carbonyl (C=O) groups excluding carboxylic acids is 1. The van der Waals surface area contributed by atoms with Crippen LogP contribution in [0.1, 0.15) is 32.9 Å². The van der Waals surface area contributed by atoms with Crippen molar-refractivity contribution in [2.24, 2.45) is 5.73 Å². The van der Waals surface area contributed by atoms with E-state index < -0.39 is 29.8 Å². The van der Waals surface area contributed by atoms with Crippen LogP contribution in [-0.4, -0.2) is 35.7 Å². The van der Waals surface area contributed by atoms with Gasteiger partial charge in [-0.1, -0.05) is 6.07 Å². The lowest BCUT2D eigenvalue weighted by Gasteiger charge is -2.42. The summed E-state index contributed by atoms with van der Waals surface area (Å²) in [5, 5.41) is 13.6. The fourth-order valence-corrected chi connectivity index (χ4v) is 3.99. The number of benzene rings is 1. The number of rotatable bonds is 6. The highest BCUT2D eigenvalue weighted by Crippen LogP contribution is 2.43. The molecule has 1 aliphatic rings. The van der Waals surface area contributed by atoms with Crippen molar-refractivity contribution < 1.29 is 32.2 Å². The Bertz CT molecular complexity index is 1150. The second kappa shape index (κ2) is 7.54. The monoisotopic (exact) mass is 435 g/mol. The Morgan fingerprint density at radius 2 is 2.10 bits per heavy atom. The van der Waals surface area contributed by atoms with Crippen molar-refractivity contribution in [1.82, 2.24) is 10.3 Å². The molecular formula is C21H20F3N3O4. The first-order valence-electron chi connectivity index (χ1n) is 9.50. The molecule has 0 aliphatic carbocycles. The summed E-state index contributed by atoms with van der Waals surface area (Å²) >= 11 is 0. The van der Waals surface area contributed by atoms with Crippen LogP contribution in [0.2, 0.25) is 0 Å². The number of amides is 1. The van der Waals surface area contributed by atoms with Gasteiger partial charge in [0, 0.05) is 41.2 Å². The third-order valence-corrected chi connectivity index (χ3v) is 5.54. The summed E-state index contributed by atoms with van der Waals surface area (Å²) in [5.74, 6) is -0.155. The zero-order valence-electron chi connectivity index (χ0n) is 16.5. The van der Waals surface area contributed by atoms with Gasteiger partial charge >= 0.3 is 6.18 Å². The highest BCUT2D eigenvalue weighted by Gasteiger charge is 2.43. The average Bonchev–Trinajstić information content (AvgIpc) is 3.02. The number of nitrogens with one attached hydrogen (secondary N) is 1. The number of pyridine rings is 1. The molecule has 0 bridgehead atoms. The molecule has 31 heavy (non-hydrogen) atoms. The third kappa shape index (κ3) is 3.51. The number of halogens is 3. The number of hydrogen-bond donors (Lipinski definition) is 3. The van der Waals surface area contributed by atoms with Gasteiger partial charge in [-0.2, -0.15) is 13.2 Å². The number of aryl methyl sites for hydroxylation is 1. The number of furan rings is 1. The summed E-state index contributed by atoms with van der Waals surface area (Å²) in [6, 6.07) is 5.81. The van der Waals surface area contributed by atoms with Gasteiger partial charge in [-0.25, -0.2) is 0 Å². The maximum atomic E-state index is 13.3. The van der Waals surface area contributed by atoms with Gasteiger partial charge in [-0.15, -0.1) is 0 Å². The molecule has 4 rings (SSSR count). The summed E-state index contributed by atoms with van der Waals surface area (Å²) in [7, 11) is 0. The molecule has 4 N–H and O–H groups in total. The molecule has 1 aliphatic heterocycles. The fourth-order valence-electron chi connectivity index (χ4n) is 3.99. The number of ether oxygens (including phenoxy) is 1. The summed E-state index contributed by atoms with van der Waals surface area (Å²) in [6.45, 7) is 1.71. The first-order valence-corrected chi connectivity index (χ1v) is 9.50. The molecule has 10 heteroatoms. The summed E-state index contributed by atoms with van der Waals surface area (Å²) in [5.41, 5.74) is 4.63. The largest absolute Gasteiger partial charge is 0.488 e. The molecule has 2 aromatic heterocycles. The number of hydrogen-bond acceptors (Lipinski definition) is 6. The minimum absolute atomic E-state index is 0.135. The second-order valence-electron chi connectivity index (χ2n) is 7.55.